The van der Waals surface area contributed by atoms with Crippen molar-refractivity contribution in [2.45, 2.75) is 13.5 Å². The zero-order valence-corrected chi connectivity index (χ0v) is 18.9. The number of nitrogens with zero attached hydrogens (tertiary/aromatic N) is 2. The van der Waals surface area contributed by atoms with E-state index < -0.39 is 0 Å². The van der Waals surface area contributed by atoms with E-state index in [1.165, 1.54) is 0 Å². The highest BCUT2D eigenvalue weighted by Crippen LogP contribution is 2.33. The van der Waals surface area contributed by atoms with Crippen molar-refractivity contribution in [1.29, 1.82) is 0 Å². The third-order valence-corrected chi connectivity index (χ3v) is 5.84. The van der Waals surface area contributed by atoms with Crippen molar-refractivity contribution in [3.63, 3.8) is 0 Å². The second kappa shape index (κ2) is 9.19. The molecule has 5 rings (SSSR count). The van der Waals surface area contributed by atoms with E-state index in [0.29, 0.717) is 23.6 Å². The van der Waals surface area contributed by atoms with Crippen LogP contribution in [0.2, 0.25) is 0 Å². The Morgan fingerprint density at radius 1 is 0.853 bits per heavy atom. The Morgan fingerprint density at radius 3 is 2.56 bits per heavy atom. The summed E-state index contributed by atoms with van der Waals surface area (Å²) < 4.78 is 11.5. The number of aromatic nitrogens is 2. The first kappa shape index (κ1) is 21.4. The molecule has 2 aromatic heterocycles. The molecule has 34 heavy (non-hydrogen) atoms. The van der Waals surface area contributed by atoms with Crippen molar-refractivity contribution >= 4 is 27.7 Å². The minimum atomic E-state index is -0.159. The predicted octanol–water partition coefficient (Wildman–Crippen LogP) is 5.82. The van der Waals surface area contributed by atoms with Crippen molar-refractivity contribution < 1.29 is 14.3 Å². The Kier molecular flexibility index (Phi) is 5.79. The fourth-order valence-electron chi connectivity index (χ4n) is 3.99. The minimum Gasteiger partial charge on any atom is -0.497 e. The molecule has 0 aliphatic heterocycles. The van der Waals surface area contributed by atoms with Gasteiger partial charge >= 0.3 is 0 Å². The summed E-state index contributed by atoms with van der Waals surface area (Å²) in [5.41, 5.74) is 4.02. The zero-order chi connectivity index (χ0) is 23.5. The summed E-state index contributed by atoms with van der Waals surface area (Å²) in [7, 11) is 1.62. The molecule has 0 radical (unpaired) electrons. The van der Waals surface area contributed by atoms with Crippen molar-refractivity contribution in [1.82, 2.24) is 15.3 Å². The van der Waals surface area contributed by atoms with Gasteiger partial charge in [0.25, 0.3) is 5.91 Å². The molecule has 0 aliphatic carbocycles. The van der Waals surface area contributed by atoms with Gasteiger partial charge < -0.3 is 14.8 Å². The summed E-state index contributed by atoms with van der Waals surface area (Å²) >= 11 is 0. The van der Waals surface area contributed by atoms with Gasteiger partial charge in [0.05, 0.1) is 18.1 Å². The average Bonchev–Trinajstić information content (AvgIpc) is 2.88. The Morgan fingerprint density at radius 2 is 1.68 bits per heavy atom. The maximum absolute atomic E-state index is 13.1. The first-order valence-electron chi connectivity index (χ1n) is 10.9. The standard InChI is InChI=1S/C28H23N3O3/c1-18-21(28(32)31-17-19-12-14-29-24-8-4-3-6-22(19)24)7-5-9-26(18)34-27-13-15-30-25-16-20(33-2)10-11-23(25)27/h3-16H,17H2,1-2H3,(H,31,32). The van der Waals surface area contributed by atoms with Crippen LogP contribution in [-0.4, -0.2) is 23.0 Å². The number of rotatable bonds is 6. The van der Waals surface area contributed by atoms with E-state index in [1.807, 2.05) is 73.7 Å². The second-order valence-corrected chi connectivity index (χ2v) is 7.89. The summed E-state index contributed by atoms with van der Waals surface area (Å²) in [6, 6.07) is 22.8. The second-order valence-electron chi connectivity index (χ2n) is 7.89. The number of amides is 1. The van der Waals surface area contributed by atoms with Crippen molar-refractivity contribution in [3.8, 4) is 17.2 Å². The van der Waals surface area contributed by atoms with Crippen LogP contribution in [0.25, 0.3) is 21.8 Å². The van der Waals surface area contributed by atoms with Crippen LogP contribution in [0.4, 0.5) is 0 Å². The van der Waals surface area contributed by atoms with Gasteiger partial charge in [0.1, 0.15) is 17.2 Å². The van der Waals surface area contributed by atoms with Gasteiger partial charge in [-0.1, -0.05) is 24.3 Å². The van der Waals surface area contributed by atoms with Gasteiger partial charge in [0.15, 0.2) is 0 Å². The maximum Gasteiger partial charge on any atom is 0.251 e. The van der Waals surface area contributed by atoms with Crippen LogP contribution in [0.3, 0.4) is 0 Å². The molecule has 6 nitrogen and oxygen atoms in total. The average molecular weight is 450 g/mol. The normalized spacial score (nSPS) is 10.9. The quantitative estimate of drug-likeness (QED) is 0.353. The third-order valence-electron chi connectivity index (χ3n) is 5.84. The van der Waals surface area contributed by atoms with E-state index in [2.05, 4.69) is 15.3 Å². The van der Waals surface area contributed by atoms with Crippen LogP contribution in [0.5, 0.6) is 17.2 Å². The van der Waals surface area contributed by atoms with Crippen molar-refractivity contribution in [3.05, 3.63) is 102 Å². The number of ether oxygens (including phenoxy) is 2. The Balaban J connectivity index is 1.38. The van der Waals surface area contributed by atoms with E-state index in [9.17, 15) is 4.79 Å². The van der Waals surface area contributed by atoms with Gasteiger partial charge in [-0.15, -0.1) is 0 Å². The van der Waals surface area contributed by atoms with E-state index >= 15 is 0 Å². The van der Waals surface area contributed by atoms with Gasteiger partial charge in [0.2, 0.25) is 0 Å². The first-order chi connectivity index (χ1) is 16.6. The van der Waals surface area contributed by atoms with Gasteiger partial charge in [0, 0.05) is 46.9 Å². The van der Waals surface area contributed by atoms with Crippen molar-refractivity contribution in [2.24, 2.45) is 0 Å². The van der Waals surface area contributed by atoms with E-state index in [-0.39, 0.29) is 5.91 Å². The van der Waals surface area contributed by atoms with E-state index in [4.69, 9.17) is 9.47 Å². The summed E-state index contributed by atoms with van der Waals surface area (Å²) in [6.45, 7) is 2.29. The summed E-state index contributed by atoms with van der Waals surface area (Å²) in [5.74, 6) is 1.85. The topological polar surface area (TPSA) is 73.3 Å². The molecule has 168 valence electrons. The number of hydrogen-bond donors (Lipinski definition) is 1. The van der Waals surface area contributed by atoms with Crippen LogP contribution in [0.15, 0.2) is 85.2 Å². The number of pyridine rings is 2. The number of carbonyl (C=O) groups is 1. The van der Waals surface area contributed by atoms with Crippen LogP contribution in [0.1, 0.15) is 21.5 Å². The molecular formula is C28H23N3O3. The van der Waals surface area contributed by atoms with Crippen LogP contribution in [0, 0.1) is 6.92 Å². The lowest BCUT2D eigenvalue weighted by atomic mass is 10.1. The number of methoxy groups -OCH3 is 1. The highest BCUT2D eigenvalue weighted by atomic mass is 16.5. The van der Waals surface area contributed by atoms with E-state index in [1.54, 1.807) is 25.6 Å². The lowest BCUT2D eigenvalue weighted by molar-refractivity contribution is 0.0950. The van der Waals surface area contributed by atoms with Gasteiger partial charge in [-0.05, 0) is 55.0 Å². The van der Waals surface area contributed by atoms with Crippen LogP contribution < -0.4 is 14.8 Å². The van der Waals surface area contributed by atoms with Gasteiger partial charge in [-0.2, -0.15) is 0 Å². The Hall–Kier alpha value is -4.45. The molecule has 2 heterocycles. The minimum absolute atomic E-state index is 0.159. The van der Waals surface area contributed by atoms with Gasteiger partial charge in [-0.25, -0.2) is 0 Å². The summed E-state index contributed by atoms with van der Waals surface area (Å²) in [5, 5.41) is 4.93. The fraction of sp³-hybridized carbons (Fsp3) is 0.107. The molecule has 0 saturated heterocycles. The number of benzene rings is 3. The monoisotopic (exact) mass is 449 g/mol. The predicted molar refractivity (Wildman–Crippen MR) is 132 cm³/mol. The zero-order valence-electron chi connectivity index (χ0n) is 18.9. The van der Waals surface area contributed by atoms with Gasteiger partial charge in [-0.3, -0.25) is 14.8 Å². The van der Waals surface area contributed by atoms with Crippen LogP contribution in [-0.2, 0) is 6.54 Å². The molecule has 0 bridgehead atoms. The fourth-order valence-corrected chi connectivity index (χ4v) is 3.99. The molecule has 1 N–H and O–H groups in total. The molecule has 0 aliphatic rings. The number of hydrogen-bond acceptors (Lipinski definition) is 5. The molecule has 5 aromatic rings. The number of nitrogens with one attached hydrogen (secondary N) is 1. The number of para-hydroxylation sites is 1. The highest BCUT2D eigenvalue weighted by molar-refractivity contribution is 5.96. The Bertz CT molecular complexity index is 1510. The molecule has 0 spiro atoms. The molecule has 6 heteroatoms. The van der Waals surface area contributed by atoms with E-state index in [0.717, 1.165) is 38.7 Å². The maximum atomic E-state index is 13.1. The highest BCUT2D eigenvalue weighted by Gasteiger charge is 2.15. The Labute approximate surface area is 197 Å². The molecule has 0 fully saturated rings. The largest absolute Gasteiger partial charge is 0.497 e. The smallest absolute Gasteiger partial charge is 0.251 e. The molecule has 0 unspecified atom stereocenters. The number of carbonyl (C=O) groups excluding carboxylic acids is 1. The third kappa shape index (κ3) is 4.13. The molecule has 1 amide bonds. The molecule has 0 saturated carbocycles. The molecular weight excluding hydrogens is 426 g/mol. The lowest BCUT2D eigenvalue weighted by Gasteiger charge is -2.14. The lowest BCUT2D eigenvalue weighted by Crippen LogP contribution is -2.23. The summed E-state index contributed by atoms with van der Waals surface area (Å²) in [4.78, 5) is 21.8. The molecule has 3 aromatic carbocycles. The first-order valence-corrected chi connectivity index (χ1v) is 10.9. The van der Waals surface area contributed by atoms with Crippen molar-refractivity contribution in [2.75, 3.05) is 7.11 Å². The summed E-state index contributed by atoms with van der Waals surface area (Å²) in [6.07, 6.45) is 3.46. The van der Waals surface area contributed by atoms with Crippen LogP contribution >= 0.6 is 0 Å². The molecule has 0 atom stereocenters. The SMILES string of the molecule is COc1ccc2c(Oc3cccc(C(=O)NCc4ccnc5ccccc45)c3C)ccnc2c1. The number of fused-ring (bicyclic) bond motifs is 2.